The molecule has 0 aromatic carbocycles. The van der Waals surface area contributed by atoms with E-state index in [0.29, 0.717) is 13.0 Å². The molecule has 96 valence electrons. The second kappa shape index (κ2) is 4.64. The highest BCUT2D eigenvalue weighted by Crippen LogP contribution is 2.29. The molecule has 2 heterocycles. The number of carboxylic acid groups (broad SMARTS) is 1. The van der Waals surface area contributed by atoms with Crippen molar-refractivity contribution in [2.24, 2.45) is 5.92 Å². The van der Waals surface area contributed by atoms with Gasteiger partial charge in [-0.1, -0.05) is 6.92 Å². The third kappa shape index (κ3) is 2.29. The number of rotatable bonds is 2. The summed E-state index contributed by atoms with van der Waals surface area (Å²) in [6.07, 6.45) is 1.81. The molecule has 4 unspecified atom stereocenters. The van der Waals surface area contributed by atoms with Crippen LogP contribution in [0.15, 0.2) is 0 Å². The van der Waals surface area contributed by atoms with E-state index < -0.39 is 18.1 Å². The van der Waals surface area contributed by atoms with Gasteiger partial charge in [0.15, 0.2) is 0 Å². The van der Waals surface area contributed by atoms with Crippen LogP contribution in [0.2, 0.25) is 0 Å². The highest BCUT2D eigenvalue weighted by molar-refractivity contribution is 5.87. The fraction of sp³-hybridized carbons (Fsp3) is 0.833. The van der Waals surface area contributed by atoms with Crippen LogP contribution in [-0.2, 0) is 14.3 Å². The summed E-state index contributed by atoms with van der Waals surface area (Å²) in [5.74, 6) is -0.881. The summed E-state index contributed by atoms with van der Waals surface area (Å²) in [6.45, 7) is 4.47. The molecule has 4 atom stereocenters. The van der Waals surface area contributed by atoms with Crippen molar-refractivity contribution in [1.29, 1.82) is 0 Å². The number of carboxylic acids is 1. The average molecular weight is 241 g/mol. The van der Waals surface area contributed by atoms with Crippen LogP contribution in [0.25, 0.3) is 0 Å². The standard InChI is InChI=1S/C12H19NO4/c1-7-6-8(2)17-10(7)11(14)13-5-3-4-9(13)12(15)16/h7-10H,3-6H2,1-2H3,(H,15,16). The molecule has 17 heavy (non-hydrogen) atoms. The highest BCUT2D eigenvalue weighted by atomic mass is 16.5. The van der Waals surface area contributed by atoms with Crippen LogP contribution in [0.4, 0.5) is 0 Å². The van der Waals surface area contributed by atoms with E-state index in [-0.39, 0.29) is 17.9 Å². The number of hydrogen-bond donors (Lipinski definition) is 1. The van der Waals surface area contributed by atoms with E-state index in [9.17, 15) is 9.59 Å². The van der Waals surface area contributed by atoms with Crippen molar-refractivity contribution < 1.29 is 19.4 Å². The van der Waals surface area contributed by atoms with Crippen molar-refractivity contribution in [3.63, 3.8) is 0 Å². The Morgan fingerprint density at radius 3 is 2.59 bits per heavy atom. The quantitative estimate of drug-likeness (QED) is 0.779. The maximum absolute atomic E-state index is 12.3. The Kier molecular flexibility index (Phi) is 3.38. The van der Waals surface area contributed by atoms with Gasteiger partial charge in [-0.05, 0) is 32.1 Å². The molecule has 0 bridgehead atoms. The lowest BCUT2D eigenvalue weighted by atomic mass is 10.0. The number of carbonyl (C=O) groups excluding carboxylic acids is 1. The molecular weight excluding hydrogens is 222 g/mol. The molecule has 0 aliphatic carbocycles. The molecule has 2 aliphatic heterocycles. The van der Waals surface area contributed by atoms with E-state index in [1.807, 2.05) is 13.8 Å². The predicted octanol–water partition coefficient (Wildman–Crippen LogP) is 0.875. The Labute approximate surface area is 101 Å². The molecule has 2 rings (SSSR count). The van der Waals surface area contributed by atoms with Crippen molar-refractivity contribution in [3.8, 4) is 0 Å². The zero-order valence-electron chi connectivity index (χ0n) is 10.3. The van der Waals surface area contributed by atoms with Gasteiger partial charge in [-0.3, -0.25) is 4.79 Å². The fourth-order valence-corrected chi connectivity index (χ4v) is 2.84. The van der Waals surface area contributed by atoms with Gasteiger partial charge >= 0.3 is 5.97 Å². The van der Waals surface area contributed by atoms with Crippen LogP contribution in [-0.4, -0.2) is 46.7 Å². The summed E-state index contributed by atoms with van der Waals surface area (Å²) in [6, 6.07) is -0.658. The van der Waals surface area contributed by atoms with Gasteiger partial charge in [0.2, 0.25) is 0 Å². The van der Waals surface area contributed by atoms with Crippen LogP contribution in [0.5, 0.6) is 0 Å². The lowest BCUT2D eigenvalue weighted by Gasteiger charge is -2.26. The van der Waals surface area contributed by atoms with Crippen LogP contribution in [0, 0.1) is 5.92 Å². The van der Waals surface area contributed by atoms with Crippen molar-refractivity contribution >= 4 is 11.9 Å². The van der Waals surface area contributed by atoms with E-state index in [1.54, 1.807) is 0 Å². The number of aliphatic carboxylic acids is 1. The number of likely N-dealkylation sites (tertiary alicyclic amines) is 1. The van der Waals surface area contributed by atoms with E-state index in [2.05, 4.69) is 0 Å². The Morgan fingerprint density at radius 2 is 2.06 bits per heavy atom. The monoisotopic (exact) mass is 241 g/mol. The Balaban J connectivity index is 2.07. The largest absolute Gasteiger partial charge is 0.480 e. The van der Waals surface area contributed by atoms with Gasteiger partial charge in [-0.15, -0.1) is 0 Å². The molecule has 2 saturated heterocycles. The normalized spacial score (nSPS) is 37.4. The minimum atomic E-state index is -0.908. The molecule has 0 aromatic rings. The first-order chi connectivity index (χ1) is 8.00. The zero-order chi connectivity index (χ0) is 12.6. The molecule has 2 fully saturated rings. The molecule has 1 N–H and O–H groups in total. The van der Waals surface area contributed by atoms with E-state index >= 15 is 0 Å². The van der Waals surface area contributed by atoms with E-state index in [4.69, 9.17) is 9.84 Å². The van der Waals surface area contributed by atoms with Gasteiger partial charge in [-0.25, -0.2) is 4.79 Å². The lowest BCUT2D eigenvalue weighted by molar-refractivity contribution is -0.154. The fourth-order valence-electron chi connectivity index (χ4n) is 2.84. The number of ether oxygens (including phenoxy) is 1. The summed E-state index contributed by atoms with van der Waals surface area (Å²) >= 11 is 0. The third-order valence-electron chi connectivity index (χ3n) is 3.66. The van der Waals surface area contributed by atoms with Crippen molar-refractivity contribution in [2.75, 3.05) is 6.54 Å². The smallest absolute Gasteiger partial charge is 0.326 e. The van der Waals surface area contributed by atoms with E-state index in [1.165, 1.54) is 4.90 Å². The molecule has 0 saturated carbocycles. The maximum atomic E-state index is 12.3. The third-order valence-corrected chi connectivity index (χ3v) is 3.66. The molecule has 5 nitrogen and oxygen atoms in total. The van der Waals surface area contributed by atoms with Crippen LogP contribution < -0.4 is 0 Å². The van der Waals surface area contributed by atoms with Crippen LogP contribution in [0.3, 0.4) is 0 Å². The predicted molar refractivity (Wildman–Crippen MR) is 60.5 cm³/mol. The highest BCUT2D eigenvalue weighted by Gasteiger charge is 2.42. The van der Waals surface area contributed by atoms with Gasteiger partial charge in [0, 0.05) is 6.54 Å². The Morgan fingerprint density at radius 1 is 1.35 bits per heavy atom. The summed E-state index contributed by atoms with van der Waals surface area (Å²) in [5.41, 5.74) is 0. The summed E-state index contributed by atoms with van der Waals surface area (Å²) in [5, 5.41) is 9.06. The topological polar surface area (TPSA) is 66.8 Å². The molecule has 1 amide bonds. The van der Waals surface area contributed by atoms with E-state index in [0.717, 1.165) is 12.8 Å². The molecule has 0 aromatic heterocycles. The summed E-state index contributed by atoms with van der Waals surface area (Å²) in [4.78, 5) is 24.8. The van der Waals surface area contributed by atoms with Gasteiger partial charge in [0.05, 0.1) is 6.10 Å². The first-order valence-corrected chi connectivity index (χ1v) is 6.19. The first kappa shape index (κ1) is 12.4. The Hall–Kier alpha value is -1.10. The lowest BCUT2D eigenvalue weighted by Crippen LogP contribution is -2.46. The van der Waals surface area contributed by atoms with Crippen LogP contribution in [0.1, 0.15) is 33.1 Å². The maximum Gasteiger partial charge on any atom is 0.326 e. The molecule has 5 heteroatoms. The molecular formula is C12H19NO4. The number of hydrogen-bond acceptors (Lipinski definition) is 3. The van der Waals surface area contributed by atoms with Gasteiger partial charge in [0.25, 0.3) is 5.91 Å². The second-order valence-corrected chi connectivity index (χ2v) is 5.11. The van der Waals surface area contributed by atoms with Crippen molar-refractivity contribution in [2.45, 2.75) is 51.4 Å². The van der Waals surface area contributed by atoms with Gasteiger partial charge in [0.1, 0.15) is 12.1 Å². The second-order valence-electron chi connectivity index (χ2n) is 5.11. The average Bonchev–Trinajstić information content (AvgIpc) is 2.83. The van der Waals surface area contributed by atoms with Gasteiger partial charge in [-0.2, -0.15) is 0 Å². The SMILES string of the molecule is CC1CC(C)C(C(=O)N2CCCC2C(=O)O)O1. The van der Waals surface area contributed by atoms with Crippen molar-refractivity contribution in [3.05, 3.63) is 0 Å². The molecule has 0 radical (unpaired) electrons. The summed E-state index contributed by atoms with van der Waals surface area (Å²) < 4.78 is 5.59. The van der Waals surface area contributed by atoms with Crippen LogP contribution >= 0.6 is 0 Å². The number of amides is 1. The Bertz CT molecular complexity index is 330. The zero-order valence-corrected chi connectivity index (χ0v) is 10.3. The number of nitrogens with zero attached hydrogens (tertiary/aromatic N) is 1. The molecule has 0 spiro atoms. The summed E-state index contributed by atoms with van der Waals surface area (Å²) in [7, 11) is 0. The van der Waals surface area contributed by atoms with Gasteiger partial charge < -0.3 is 14.7 Å². The molecule has 2 aliphatic rings. The minimum absolute atomic E-state index is 0.0878. The first-order valence-electron chi connectivity index (χ1n) is 6.19. The minimum Gasteiger partial charge on any atom is -0.480 e. The van der Waals surface area contributed by atoms with Crippen molar-refractivity contribution in [1.82, 2.24) is 4.90 Å². The number of carbonyl (C=O) groups is 2.